The number of rotatable bonds is 4. The molecule has 0 saturated carbocycles. The van der Waals surface area contributed by atoms with Gasteiger partial charge >= 0.3 is 0 Å². The van der Waals surface area contributed by atoms with Gasteiger partial charge in [0.05, 0.1) is 0 Å². The molecule has 2 nitrogen and oxygen atoms in total. The molecular weight excluding hydrogens is 234 g/mol. The lowest BCUT2D eigenvalue weighted by molar-refractivity contribution is 0.497. The molecule has 1 aromatic heterocycles. The normalized spacial score (nSPS) is 12.9. The lowest BCUT2D eigenvalue weighted by atomic mass is 9.97. The highest BCUT2D eigenvalue weighted by molar-refractivity contribution is 5.29. The number of aryl methyl sites for hydroxylation is 2. The van der Waals surface area contributed by atoms with Gasteiger partial charge in [0.15, 0.2) is 0 Å². The lowest BCUT2D eigenvalue weighted by Gasteiger charge is -2.12. The number of furan rings is 1. The molecule has 0 aliphatic rings. The average molecular weight is 257 g/mol. The predicted molar refractivity (Wildman–Crippen MR) is 79.3 cm³/mol. The van der Waals surface area contributed by atoms with Crippen LogP contribution in [-0.2, 0) is 6.42 Å². The molecule has 1 aromatic carbocycles. The summed E-state index contributed by atoms with van der Waals surface area (Å²) in [6, 6.07) is 10.8. The Morgan fingerprint density at radius 3 is 2.21 bits per heavy atom. The van der Waals surface area contributed by atoms with Crippen molar-refractivity contribution in [2.24, 2.45) is 5.73 Å². The summed E-state index contributed by atoms with van der Waals surface area (Å²) in [5.74, 6) is 2.43. The van der Waals surface area contributed by atoms with Crippen LogP contribution in [0.2, 0.25) is 0 Å². The molecule has 2 heteroatoms. The maximum absolute atomic E-state index is 6.28. The van der Waals surface area contributed by atoms with Gasteiger partial charge in [0, 0.05) is 11.6 Å². The lowest BCUT2D eigenvalue weighted by Crippen LogP contribution is -2.13. The van der Waals surface area contributed by atoms with Crippen LogP contribution in [0.25, 0.3) is 0 Å². The number of hydrogen-bond acceptors (Lipinski definition) is 2. The zero-order valence-corrected chi connectivity index (χ0v) is 12.2. The van der Waals surface area contributed by atoms with E-state index in [1.165, 1.54) is 11.1 Å². The summed E-state index contributed by atoms with van der Waals surface area (Å²) in [6.07, 6.45) is 0.845. The highest BCUT2D eigenvalue weighted by atomic mass is 16.3. The van der Waals surface area contributed by atoms with E-state index in [2.05, 4.69) is 38.1 Å². The molecule has 2 rings (SSSR count). The quantitative estimate of drug-likeness (QED) is 0.888. The van der Waals surface area contributed by atoms with Gasteiger partial charge in [-0.25, -0.2) is 0 Å². The topological polar surface area (TPSA) is 39.2 Å². The summed E-state index contributed by atoms with van der Waals surface area (Å²) in [5.41, 5.74) is 10.0. The summed E-state index contributed by atoms with van der Waals surface area (Å²) in [5, 5.41) is 0. The minimum Gasteiger partial charge on any atom is -0.466 e. The first-order valence-electron chi connectivity index (χ1n) is 6.88. The van der Waals surface area contributed by atoms with Gasteiger partial charge in [-0.1, -0.05) is 38.1 Å². The fraction of sp³-hybridized carbons (Fsp3) is 0.412. The first kappa shape index (κ1) is 13.9. The van der Waals surface area contributed by atoms with E-state index in [4.69, 9.17) is 10.2 Å². The van der Waals surface area contributed by atoms with Gasteiger partial charge in [-0.15, -0.1) is 0 Å². The number of benzene rings is 1. The van der Waals surface area contributed by atoms with Gasteiger partial charge in [0.25, 0.3) is 0 Å². The molecule has 0 radical (unpaired) electrons. The van der Waals surface area contributed by atoms with Crippen LogP contribution < -0.4 is 5.73 Å². The van der Waals surface area contributed by atoms with Crippen molar-refractivity contribution in [2.75, 3.05) is 0 Å². The number of hydrogen-bond donors (Lipinski definition) is 1. The highest BCUT2D eigenvalue weighted by Gasteiger charge is 2.13. The molecule has 0 fully saturated rings. The van der Waals surface area contributed by atoms with Gasteiger partial charge in [0.2, 0.25) is 0 Å². The Morgan fingerprint density at radius 1 is 1.11 bits per heavy atom. The second kappa shape index (κ2) is 5.62. The van der Waals surface area contributed by atoms with Gasteiger partial charge in [-0.3, -0.25) is 0 Å². The van der Waals surface area contributed by atoms with Gasteiger partial charge < -0.3 is 10.2 Å². The largest absolute Gasteiger partial charge is 0.466 e. The van der Waals surface area contributed by atoms with Crippen molar-refractivity contribution in [1.29, 1.82) is 0 Å². The van der Waals surface area contributed by atoms with Crippen LogP contribution >= 0.6 is 0 Å². The zero-order valence-electron chi connectivity index (χ0n) is 12.2. The van der Waals surface area contributed by atoms with Gasteiger partial charge in [-0.05, 0) is 43.4 Å². The van der Waals surface area contributed by atoms with Crippen LogP contribution in [0.5, 0.6) is 0 Å². The first-order valence-corrected chi connectivity index (χ1v) is 6.88. The van der Waals surface area contributed by atoms with Crippen molar-refractivity contribution in [2.45, 2.75) is 46.1 Å². The minimum absolute atomic E-state index is 0.00218. The fourth-order valence-corrected chi connectivity index (χ4v) is 2.42. The maximum Gasteiger partial charge on any atom is 0.105 e. The summed E-state index contributed by atoms with van der Waals surface area (Å²) in [7, 11) is 0. The summed E-state index contributed by atoms with van der Waals surface area (Å²) in [4.78, 5) is 0. The Morgan fingerprint density at radius 2 is 1.74 bits per heavy atom. The van der Waals surface area contributed by atoms with Gasteiger partial charge in [0.1, 0.15) is 11.5 Å². The molecule has 0 aliphatic carbocycles. The molecule has 0 aliphatic heterocycles. The summed E-state index contributed by atoms with van der Waals surface area (Å²) >= 11 is 0. The molecule has 102 valence electrons. The zero-order chi connectivity index (χ0) is 14.0. The smallest absolute Gasteiger partial charge is 0.105 e. The van der Waals surface area contributed by atoms with E-state index in [1.807, 2.05) is 19.9 Å². The van der Waals surface area contributed by atoms with Crippen LogP contribution in [0.1, 0.15) is 54.0 Å². The Labute approximate surface area is 115 Å². The predicted octanol–water partition coefficient (Wildman–Crippen LogP) is 4.26. The van der Waals surface area contributed by atoms with Crippen molar-refractivity contribution in [3.05, 3.63) is 58.5 Å². The van der Waals surface area contributed by atoms with E-state index in [-0.39, 0.29) is 6.04 Å². The van der Waals surface area contributed by atoms with Crippen LogP contribution in [0, 0.1) is 13.8 Å². The molecule has 2 aromatic rings. The molecule has 19 heavy (non-hydrogen) atoms. The number of nitrogens with two attached hydrogens (primary N) is 1. The summed E-state index contributed by atoms with van der Waals surface area (Å²) < 4.78 is 5.54. The van der Waals surface area contributed by atoms with E-state index < -0.39 is 0 Å². The van der Waals surface area contributed by atoms with E-state index in [0.717, 1.165) is 23.5 Å². The van der Waals surface area contributed by atoms with Crippen molar-refractivity contribution >= 4 is 0 Å². The first-order chi connectivity index (χ1) is 8.97. The third-order valence-electron chi connectivity index (χ3n) is 3.58. The van der Waals surface area contributed by atoms with E-state index >= 15 is 0 Å². The van der Waals surface area contributed by atoms with E-state index in [0.29, 0.717) is 5.92 Å². The molecular formula is C17H23NO. The van der Waals surface area contributed by atoms with Crippen molar-refractivity contribution in [3.63, 3.8) is 0 Å². The van der Waals surface area contributed by atoms with Crippen molar-refractivity contribution in [1.82, 2.24) is 0 Å². The molecule has 1 atom stereocenters. The average Bonchev–Trinajstić information content (AvgIpc) is 2.69. The SMILES string of the molecule is Cc1cc(C(N)Cc2ccc(C(C)C)cc2)c(C)o1. The molecule has 1 heterocycles. The fourth-order valence-electron chi connectivity index (χ4n) is 2.42. The summed E-state index contributed by atoms with van der Waals surface area (Å²) in [6.45, 7) is 8.35. The monoisotopic (exact) mass is 257 g/mol. The van der Waals surface area contributed by atoms with Crippen molar-refractivity contribution in [3.8, 4) is 0 Å². The van der Waals surface area contributed by atoms with Crippen LogP contribution in [0.3, 0.4) is 0 Å². The molecule has 1 unspecified atom stereocenters. The van der Waals surface area contributed by atoms with E-state index in [1.54, 1.807) is 0 Å². The highest BCUT2D eigenvalue weighted by Crippen LogP contribution is 2.23. The van der Waals surface area contributed by atoms with Crippen LogP contribution in [0.15, 0.2) is 34.7 Å². The second-order valence-corrected chi connectivity index (χ2v) is 5.58. The standard InChI is InChI=1S/C17H23NO/c1-11(2)15-7-5-14(6-8-15)10-17(18)16-9-12(3)19-13(16)4/h5-9,11,17H,10,18H2,1-4H3. The molecule has 0 spiro atoms. The third kappa shape index (κ3) is 3.27. The van der Waals surface area contributed by atoms with Crippen molar-refractivity contribution < 1.29 is 4.42 Å². The Balaban J connectivity index is 2.10. The Hall–Kier alpha value is -1.54. The second-order valence-electron chi connectivity index (χ2n) is 5.58. The molecule has 0 saturated heterocycles. The Bertz CT molecular complexity index is 537. The molecule has 2 N–H and O–H groups in total. The van der Waals surface area contributed by atoms with Gasteiger partial charge in [-0.2, -0.15) is 0 Å². The van der Waals surface area contributed by atoms with Crippen LogP contribution in [-0.4, -0.2) is 0 Å². The molecule has 0 bridgehead atoms. The molecule has 0 amide bonds. The maximum atomic E-state index is 6.28. The van der Waals surface area contributed by atoms with Crippen LogP contribution in [0.4, 0.5) is 0 Å². The van der Waals surface area contributed by atoms with E-state index in [9.17, 15) is 0 Å². The Kier molecular flexibility index (Phi) is 4.11. The third-order valence-corrected chi connectivity index (χ3v) is 3.58. The minimum atomic E-state index is 0.00218.